The second-order valence-corrected chi connectivity index (χ2v) is 3.10. The van der Waals surface area contributed by atoms with Gasteiger partial charge in [0.15, 0.2) is 6.66 Å². The molecule has 0 rings (SSSR count). The Morgan fingerprint density at radius 2 is 1.38 bits per heavy atom. The summed E-state index contributed by atoms with van der Waals surface area (Å²) < 4.78 is 82.9. The van der Waals surface area contributed by atoms with E-state index in [2.05, 4.69) is 4.52 Å². The van der Waals surface area contributed by atoms with E-state index in [4.69, 9.17) is 0 Å². The van der Waals surface area contributed by atoms with Crippen molar-refractivity contribution in [1.82, 2.24) is 0 Å². The number of hydrogen-bond donors (Lipinski definition) is 0. The molecule has 0 fully saturated rings. The van der Waals surface area contributed by atoms with E-state index in [0.717, 1.165) is 0 Å². The van der Waals surface area contributed by atoms with E-state index in [1.165, 1.54) is 0 Å². The van der Waals surface area contributed by atoms with Gasteiger partial charge in [-0.15, -0.1) is 4.52 Å². The molecule has 2 nitrogen and oxygen atoms in total. The van der Waals surface area contributed by atoms with Gasteiger partial charge in [-0.3, -0.25) is 0 Å². The minimum Gasteiger partial charge on any atom is -0.167 e. The molecule has 0 bridgehead atoms. The van der Waals surface area contributed by atoms with Crippen LogP contribution >= 0.6 is 8.03 Å². The zero-order valence-electron chi connectivity index (χ0n) is 6.11. The fourth-order valence-corrected chi connectivity index (χ4v) is 0.989. The van der Waals surface area contributed by atoms with Gasteiger partial charge in [0.25, 0.3) is 0 Å². The molecule has 0 aromatic carbocycles. The van der Waals surface area contributed by atoms with Crippen LogP contribution in [0.25, 0.3) is 0 Å². The monoisotopic (exact) mass is 229 g/mol. The van der Waals surface area contributed by atoms with Gasteiger partial charge >= 0.3 is 26.5 Å². The first-order valence-corrected chi connectivity index (χ1v) is 4.38. The Hall–Kier alpha value is -0.360. The summed E-state index contributed by atoms with van der Waals surface area (Å²) in [6.45, 7) is 0.611. The first-order chi connectivity index (χ1) is 5.55. The van der Waals surface area contributed by atoms with Crippen LogP contribution in [0.4, 0.5) is 26.3 Å². The van der Waals surface area contributed by atoms with E-state index < -0.39 is 26.5 Å². The minimum absolute atomic E-state index is 0.611. The maximum atomic E-state index is 11.6. The van der Waals surface area contributed by atoms with E-state index in [-0.39, 0.29) is 0 Å². The van der Waals surface area contributed by atoms with Crippen molar-refractivity contribution in [3.8, 4) is 0 Å². The van der Waals surface area contributed by atoms with Crippen LogP contribution in [-0.4, -0.2) is 25.1 Å². The summed E-state index contributed by atoms with van der Waals surface area (Å²) in [5.41, 5.74) is 0. The lowest BCUT2D eigenvalue weighted by molar-refractivity contribution is -0.299. The zero-order valence-corrected chi connectivity index (χ0v) is 7.00. The summed E-state index contributed by atoms with van der Waals surface area (Å²) in [4.78, 5) is 0. The Labute approximate surface area is 69.7 Å². The molecule has 78 valence electrons. The molecule has 13 heavy (non-hydrogen) atoms. The minimum atomic E-state index is -5.60. The lowest BCUT2D eigenvalue weighted by atomic mass is 10.3. The molecule has 0 saturated carbocycles. The first kappa shape index (κ1) is 12.6. The highest BCUT2D eigenvalue weighted by molar-refractivity contribution is 7.38. The van der Waals surface area contributed by atoms with Crippen molar-refractivity contribution in [2.75, 3.05) is 6.66 Å². The quantitative estimate of drug-likeness (QED) is 0.537. The molecule has 0 aromatic heterocycles. The molecule has 0 aliphatic rings. The van der Waals surface area contributed by atoms with Gasteiger partial charge in [-0.05, 0) is 4.57 Å². The van der Waals surface area contributed by atoms with E-state index in [9.17, 15) is 30.9 Å². The number of rotatable bonds is 2. The molecule has 0 spiro atoms. The summed E-state index contributed by atoms with van der Waals surface area (Å²) in [6, 6.07) is 0. The molecule has 0 aliphatic carbocycles. The van der Waals surface area contributed by atoms with Crippen molar-refractivity contribution < 1.29 is 35.4 Å². The summed E-state index contributed by atoms with van der Waals surface area (Å²) >= 11 is 0. The summed E-state index contributed by atoms with van der Waals surface area (Å²) in [5.74, 6) is 0. The van der Waals surface area contributed by atoms with Gasteiger partial charge in [0, 0.05) is 0 Å². The third-order valence-electron chi connectivity index (χ3n) is 0.848. The topological polar surface area (TPSA) is 26.3 Å². The molecule has 9 heteroatoms. The van der Waals surface area contributed by atoms with Crippen LogP contribution < -0.4 is 0 Å². The van der Waals surface area contributed by atoms with Gasteiger partial charge < -0.3 is 0 Å². The van der Waals surface area contributed by atoms with E-state index in [1.54, 1.807) is 0 Å². The summed E-state index contributed by atoms with van der Waals surface area (Å²) in [6.07, 6.45) is -15.2. The highest BCUT2D eigenvalue weighted by Gasteiger charge is 2.61. The Bertz CT molecular complexity index is 182. The van der Waals surface area contributed by atoms with Crippen LogP contribution in [-0.2, 0) is 9.09 Å². The highest BCUT2D eigenvalue weighted by Crippen LogP contribution is 2.40. The van der Waals surface area contributed by atoms with Crippen LogP contribution in [0, 0.1) is 0 Å². The molecule has 0 aliphatic heterocycles. The lowest BCUT2D eigenvalue weighted by Gasteiger charge is -2.17. The standard InChI is InChI=1S/C4H4F6O2P/c1-13(11)12-2(3(5,6)7)4(8,9)10/h2H,1H3/q+1. The zero-order chi connectivity index (χ0) is 10.9. The van der Waals surface area contributed by atoms with Gasteiger partial charge in [-0.25, -0.2) is 0 Å². The van der Waals surface area contributed by atoms with Crippen molar-refractivity contribution in [3.63, 3.8) is 0 Å². The number of alkyl halides is 6. The van der Waals surface area contributed by atoms with E-state index in [0.29, 0.717) is 6.66 Å². The summed E-state index contributed by atoms with van der Waals surface area (Å²) in [7, 11) is -2.96. The summed E-state index contributed by atoms with van der Waals surface area (Å²) in [5, 5.41) is 0. The van der Waals surface area contributed by atoms with Gasteiger partial charge in [0.2, 0.25) is 0 Å². The van der Waals surface area contributed by atoms with Gasteiger partial charge in [0.1, 0.15) is 0 Å². The van der Waals surface area contributed by atoms with Crippen LogP contribution in [0.5, 0.6) is 0 Å². The highest BCUT2D eigenvalue weighted by atomic mass is 31.1. The molecule has 0 aromatic rings. The smallest absolute Gasteiger partial charge is 0.167 e. The van der Waals surface area contributed by atoms with Crippen molar-refractivity contribution in [1.29, 1.82) is 0 Å². The Balaban J connectivity index is 4.68. The predicted octanol–water partition coefficient (Wildman–Crippen LogP) is 2.87. The Kier molecular flexibility index (Phi) is 3.69. The molecule has 1 unspecified atom stereocenters. The van der Waals surface area contributed by atoms with Crippen molar-refractivity contribution in [2.45, 2.75) is 18.5 Å². The van der Waals surface area contributed by atoms with Gasteiger partial charge in [-0.1, -0.05) is 0 Å². The van der Waals surface area contributed by atoms with Crippen molar-refractivity contribution >= 4 is 8.03 Å². The average Bonchev–Trinajstić information content (AvgIpc) is 1.77. The molecule has 0 N–H and O–H groups in total. The average molecular weight is 229 g/mol. The van der Waals surface area contributed by atoms with Crippen LogP contribution in [0.15, 0.2) is 0 Å². The third-order valence-corrected chi connectivity index (χ3v) is 1.36. The Morgan fingerprint density at radius 3 is 1.46 bits per heavy atom. The maximum absolute atomic E-state index is 11.6. The van der Waals surface area contributed by atoms with E-state index >= 15 is 0 Å². The molecule has 0 amide bonds. The Morgan fingerprint density at radius 1 is 1.08 bits per heavy atom. The van der Waals surface area contributed by atoms with Crippen molar-refractivity contribution in [3.05, 3.63) is 0 Å². The maximum Gasteiger partial charge on any atom is 0.505 e. The number of hydrogen-bond acceptors (Lipinski definition) is 2. The fraction of sp³-hybridized carbons (Fsp3) is 1.00. The molecular formula is C4H4F6O2P+. The third kappa shape index (κ3) is 4.42. The fourth-order valence-electron chi connectivity index (χ4n) is 0.454. The SMILES string of the molecule is C[P+](=O)OC(C(F)(F)F)C(F)(F)F. The first-order valence-electron chi connectivity index (χ1n) is 2.76. The van der Waals surface area contributed by atoms with Crippen LogP contribution in [0.3, 0.4) is 0 Å². The van der Waals surface area contributed by atoms with Gasteiger partial charge in [-0.2, -0.15) is 26.3 Å². The molecule has 1 atom stereocenters. The lowest BCUT2D eigenvalue weighted by Crippen LogP contribution is -2.42. The molecule has 0 heterocycles. The van der Waals surface area contributed by atoms with E-state index in [1.807, 2.05) is 0 Å². The molecule has 0 radical (unpaired) electrons. The van der Waals surface area contributed by atoms with Crippen LogP contribution in [0.2, 0.25) is 0 Å². The second-order valence-electron chi connectivity index (χ2n) is 2.01. The number of halogens is 6. The van der Waals surface area contributed by atoms with Crippen LogP contribution in [0.1, 0.15) is 0 Å². The van der Waals surface area contributed by atoms with Crippen molar-refractivity contribution in [2.24, 2.45) is 0 Å². The second kappa shape index (κ2) is 3.79. The largest absolute Gasteiger partial charge is 0.505 e. The van der Waals surface area contributed by atoms with Gasteiger partial charge in [0.05, 0.1) is 0 Å². The molecule has 0 saturated heterocycles. The molecular weight excluding hydrogens is 225 g/mol. The normalized spacial score (nSPS) is 14.9. The predicted molar refractivity (Wildman–Crippen MR) is 30.5 cm³/mol.